The maximum Gasteiger partial charge on any atom is 0.335 e. The molecule has 5 heteroatoms. The second kappa shape index (κ2) is 11.3. The van der Waals surface area contributed by atoms with Crippen LogP contribution >= 0.6 is 24.0 Å². The first kappa shape index (κ1) is 21.7. The lowest BCUT2D eigenvalue weighted by molar-refractivity contribution is 0.0696. The Hall–Kier alpha value is -2.60. The monoisotopic (exact) mass is 410 g/mol. The second-order valence-electron chi connectivity index (χ2n) is 5.71. The molecule has 0 unspecified atom stereocenters. The summed E-state index contributed by atoms with van der Waals surface area (Å²) >= 11 is 5.77. The molecule has 4 aromatic rings. The van der Waals surface area contributed by atoms with Gasteiger partial charge in [-0.1, -0.05) is 48.5 Å². The zero-order chi connectivity index (χ0) is 20.4. The summed E-state index contributed by atoms with van der Waals surface area (Å²) in [6.45, 7) is 1.93. The molecular formula is C23H22O3S2. The highest BCUT2D eigenvalue weighted by Crippen LogP contribution is 2.27. The van der Waals surface area contributed by atoms with E-state index < -0.39 is 5.97 Å². The van der Waals surface area contributed by atoms with Gasteiger partial charge in [0.05, 0.1) is 5.56 Å². The Morgan fingerprint density at radius 3 is 2.21 bits per heavy atom. The standard InChI is InChI=1S/C14H10S.C7H6O2S.C2H6O/c1-2-5-12-10-13(8-7-11(12)4-1)14-6-3-9-15-14;8-7(9)5-2-1-3-6(10)4-5;1-2-3/h1-10H;1-4,10H,(H,8,9);3H,2H2,1H3. The van der Waals surface area contributed by atoms with Crippen molar-refractivity contribution in [1.82, 2.24) is 0 Å². The quantitative estimate of drug-likeness (QED) is 0.343. The van der Waals surface area contributed by atoms with Crippen LogP contribution < -0.4 is 0 Å². The van der Waals surface area contributed by atoms with E-state index in [4.69, 9.17) is 10.2 Å². The molecule has 28 heavy (non-hydrogen) atoms. The van der Waals surface area contributed by atoms with Crippen LogP contribution in [0.3, 0.4) is 0 Å². The van der Waals surface area contributed by atoms with E-state index in [0.29, 0.717) is 4.90 Å². The van der Waals surface area contributed by atoms with Crippen molar-refractivity contribution in [3.05, 3.63) is 89.8 Å². The topological polar surface area (TPSA) is 57.5 Å². The highest BCUT2D eigenvalue weighted by atomic mass is 32.1. The summed E-state index contributed by atoms with van der Waals surface area (Å²) < 4.78 is 0. The van der Waals surface area contributed by atoms with Gasteiger partial charge in [-0.15, -0.1) is 24.0 Å². The number of hydrogen-bond acceptors (Lipinski definition) is 4. The van der Waals surface area contributed by atoms with E-state index in [-0.39, 0.29) is 12.2 Å². The second-order valence-corrected chi connectivity index (χ2v) is 7.18. The predicted molar refractivity (Wildman–Crippen MR) is 121 cm³/mol. The number of carboxylic acid groups (broad SMARTS) is 1. The molecule has 3 aromatic carbocycles. The molecule has 0 spiro atoms. The van der Waals surface area contributed by atoms with Crippen LogP contribution in [0.5, 0.6) is 0 Å². The van der Waals surface area contributed by atoms with E-state index in [0.717, 1.165) is 0 Å². The van der Waals surface area contributed by atoms with Crippen molar-refractivity contribution in [3.8, 4) is 10.4 Å². The van der Waals surface area contributed by atoms with E-state index in [2.05, 4.69) is 72.6 Å². The average molecular weight is 411 g/mol. The van der Waals surface area contributed by atoms with Gasteiger partial charge < -0.3 is 10.2 Å². The maximum atomic E-state index is 10.3. The van der Waals surface area contributed by atoms with Gasteiger partial charge in [-0.25, -0.2) is 4.79 Å². The van der Waals surface area contributed by atoms with Gasteiger partial charge in [-0.3, -0.25) is 0 Å². The molecule has 0 aliphatic carbocycles. The van der Waals surface area contributed by atoms with Crippen LogP contribution in [-0.4, -0.2) is 22.8 Å². The number of rotatable bonds is 2. The van der Waals surface area contributed by atoms with Crippen LogP contribution in [-0.2, 0) is 0 Å². The smallest absolute Gasteiger partial charge is 0.335 e. The van der Waals surface area contributed by atoms with E-state index in [1.54, 1.807) is 30.4 Å². The summed E-state index contributed by atoms with van der Waals surface area (Å²) in [5.74, 6) is -0.920. The minimum absolute atomic E-state index is 0.250. The van der Waals surface area contributed by atoms with Gasteiger partial charge in [0.25, 0.3) is 0 Å². The van der Waals surface area contributed by atoms with E-state index in [1.807, 2.05) is 0 Å². The summed E-state index contributed by atoms with van der Waals surface area (Å²) in [5, 5.41) is 20.8. The van der Waals surface area contributed by atoms with Crippen molar-refractivity contribution >= 4 is 40.7 Å². The van der Waals surface area contributed by atoms with Gasteiger partial charge >= 0.3 is 5.97 Å². The van der Waals surface area contributed by atoms with Gasteiger partial charge in [0, 0.05) is 16.4 Å². The minimum atomic E-state index is -0.920. The number of aliphatic hydroxyl groups is 1. The number of carbonyl (C=O) groups is 1. The Bertz CT molecular complexity index is 1010. The molecule has 0 atom stereocenters. The summed E-state index contributed by atoms with van der Waals surface area (Å²) in [6.07, 6.45) is 0. The number of benzene rings is 3. The zero-order valence-electron chi connectivity index (χ0n) is 15.4. The molecule has 0 amide bonds. The molecule has 0 saturated heterocycles. The Kier molecular flexibility index (Phi) is 8.75. The van der Waals surface area contributed by atoms with Crippen molar-refractivity contribution < 1.29 is 15.0 Å². The first-order valence-electron chi connectivity index (χ1n) is 8.71. The van der Waals surface area contributed by atoms with Crippen molar-refractivity contribution in [2.24, 2.45) is 0 Å². The van der Waals surface area contributed by atoms with Gasteiger partial charge in [0.1, 0.15) is 0 Å². The maximum absolute atomic E-state index is 10.3. The Labute approximate surface area is 174 Å². The molecule has 2 N–H and O–H groups in total. The predicted octanol–water partition coefficient (Wildman–Crippen LogP) is 6.24. The Morgan fingerprint density at radius 2 is 1.64 bits per heavy atom. The van der Waals surface area contributed by atoms with Crippen molar-refractivity contribution in [2.75, 3.05) is 6.61 Å². The van der Waals surface area contributed by atoms with Crippen LogP contribution in [0.4, 0.5) is 0 Å². The molecule has 1 heterocycles. The van der Waals surface area contributed by atoms with Gasteiger partial charge in [0.2, 0.25) is 0 Å². The average Bonchev–Trinajstić information content (AvgIpc) is 3.24. The third kappa shape index (κ3) is 6.53. The Balaban J connectivity index is 0.000000188. The van der Waals surface area contributed by atoms with Crippen LogP contribution in [0.1, 0.15) is 17.3 Å². The van der Waals surface area contributed by atoms with Crippen LogP contribution in [0.2, 0.25) is 0 Å². The summed E-state index contributed by atoms with van der Waals surface area (Å²) in [4.78, 5) is 12.3. The number of carboxylic acids is 1. The zero-order valence-corrected chi connectivity index (χ0v) is 17.2. The number of thiol groups is 1. The van der Waals surface area contributed by atoms with Gasteiger partial charge in [-0.2, -0.15) is 0 Å². The van der Waals surface area contributed by atoms with E-state index in [9.17, 15) is 4.79 Å². The minimum Gasteiger partial charge on any atom is -0.478 e. The normalized spacial score (nSPS) is 9.68. The summed E-state index contributed by atoms with van der Waals surface area (Å²) in [7, 11) is 0. The highest BCUT2D eigenvalue weighted by Gasteiger charge is 2.00. The molecule has 0 aliphatic heterocycles. The van der Waals surface area contributed by atoms with Crippen molar-refractivity contribution in [2.45, 2.75) is 11.8 Å². The summed E-state index contributed by atoms with van der Waals surface area (Å²) in [5.41, 5.74) is 1.58. The molecule has 0 bridgehead atoms. The highest BCUT2D eigenvalue weighted by molar-refractivity contribution is 7.80. The fraction of sp³-hybridized carbons (Fsp3) is 0.0870. The summed E-state index contributed by atoms with van der Waals surface area (Å²) in [6, 6.07) is 25.8. The lowest BCUT2D eigenvalue weighted by atomic mass is 10.1. The molecule has 144 valence electrons. The third-order valence-electron chi connectivity index (χ3n) is 3.65. The molecule has 1 aromatic heterocycles. The van der Waals surface area contributed by atoms with E-state index >= 15 is 0 Å². The number of aromatic carboxylic acids is 1. The number of aliphatic hydroxyl groups excluding tert-OH is 1. The number of hydrogen-bond donors (Lipinski definition) is 3. The molecule has 0 aliphatic rings. The molecule has 4 rings (SSSR count). The number of thiophene rings is 1. The van der Waals surface area contributed by atoms with Crippen molar-refractivity contribution in [1.29, 1.82) is 0 Å². The van der Waals surface area contributed by atoms with Gasteiger partial charge in [-0.05, 0) is 59.0 Å². The lowest BCUT2D eigenvalue weighted by Crippen LogP contribution is -1.94. The van der Waals surface area contributed by atoms with Gasteiger partial charge in [0.15, 0.2) is 0 Å². The SMILES string of the molecule is CCO.O=C(O)c1cccc(S)c1.c1csc(-c2ccc3ccccc3c2)c1. The molecule has 0 radical (unpaired) electrons. The lowest BCUT2D eigenvalue weighted by Gasteiger charge is -2.00. The molecule has 3 nitrogen and oxygen atoms in total. The van der Waals surface area contributed by atoms with Crippen molar-refractivity contribution in [3.63, 3.8) is 0 Å². The van der Waals surface area contributed by atoms with Crippen LogP contribution in [0.15, 0.2) is 89.1 Å². The molecular weight excluding hydrogens is 388 g/mol. The Morgan fingerprint density at radius 1 is 0.929 bits per heavy atom. The molecule has 0 saturated carbocycles. The first-order valence-corrected chi connectivity index (χ1v) is 10.0. The fourth-order valence-electron chi connectivity index (χ4n) is 2.42. The molecule has 0 fully saturated rings. The van der Waals surface area contributed by atoms with E-state index in [1.165, 1.54) is 33.3 Å². The fourth-order valence-corrected chi connectivity index (χ4v) is 3.37. The first-order chi connectivity index (χ1) is 13.5. The third-order valence-corrected chi connectivity index (χ3v) is 4.85. The van der Waals surface area contributed by atoms with Crippen LogP contribution in [0, 0.1) is 0 Å². The number of fused-ring (bicyclic) bond motifs is 1. The van der Waals surface area contributed by atoms with Crippen LogP contribution in [0.25, 0.3) is 21.2 Å². The largest absolute Gasteiger partial charge is 0.478 e.